The molecule has 0 radical (unpaired) electrons. The van der Waals surface area contributed by atoms with Crippen LogP contribution in [0.25, 0.3) is 0 Å². The number of rotatable bonds is 1. The van der Waals surface area contributed by atoms with Gasteiger partial charge in [0.2, 0.25) is 0 Å². The molecule has 0 aromatic carbocycles. The van der Waals surface area contributed by atoms with Crippen molar-refractivity contribution in [2.75, 3.05) is 13.1 Å². The lowest BCUT2D eigenvalue weighted by Gasteiger charge is -2.30. The zero-order valence-corrected chi connectivity index (χ0v) is 8.75. The highest BCUT2D eigenvalue weighted by atomic mass is 16.6. The summed E-state index contributed by atoms with van der Waals surface area (Å²) in [5.41, 5.74) is 0. The Kier molecular flexibility index (Phi) is 2.74. The van der Waals surface area contributed by atoms with Crippen LogP contribution in [-0.4, -0.2) is 31.3 Å². The van der Waals surface area contributed by atoms with E-state index in [0.29, 0.717) is 5.92 Å². The van der Waals surface area contributed by atoms with E-state index in [1.54, 1.807) is 0 Å². The van der Waals surface area contributed by atoms with Crippen LogP contribution in [0.4, 0.5) is 0 Å². The molecule has 2 aliphatic rings. The molecule has 0 aromatic rings. The average molecular weight is 198 g/mol. The van der Waals surface area contributed by atoms with E-state index >= 15 is 0 Å². The molecule has 0 aromatic heterocycles. The fourth-order valence-electron chi connectivity index (χ4n) is 2.25. The molecular weight excluding hydrogens is 180 g/mol. The summed E-state index contributed by atoms with van der Waals surface area (Å²) in [6, 6.07) is 0. The number of ether oxygens (including phenoxy) is 1. The third-order valence-corrected chi connectivity index (χ3v) is 3.32. The maximum Gasteiger partial charge on any atom is 0.312 e. The van der Waals surface area contributed by atoms with E-state index in [1.165, 1.54) is 0 Å². The van der Waals surface area contributed by atoms with Gasteiger partial charge in [-0.25, -0.2) is 0 Å². The first-order valence-corrected chi connectivity index (χ1v) is 5.37. The maximum atomic E-state index is 11.6. The quantitative estimate of drug-likeness (QED) is 0.586. The fourth-order valence-corrected chi connectivity index (χ4v) is 2.25. The van der Waals surface area contributed by atoms with Crippen LogP contribution in [-0.2, 0) is 9.53 Å². The summed E-state index contributed by atoms with van der Waals surface area (Å²) >= 11 is 0. The second-order valence-corrected chi connectivity index (χ2v) is 4.27. The van der Waals surface area contributed by atoms with Crippen molar-refractivity contribution in [2.24, 2.45) is 11.8 Å². The van der Waals surface area contributed by atoms with E-state index in [1.807, 2.05) is 6.92 Å². The molecule has 14 heavy (non-hydrogen) atoms. The number of esters is 1. The van der Waals surface area contributed by atoms with Gasteiger partial charge in [0.25, 0.3) is 0 Å². The lowest BCUT2D eigenvalue weighted by atomic mass is 9.89. The van der Waals surface area contributed by atoms with Crippen LogP contribution < -0.4 is 10.6 Å². The van der Waals surface area contributed by atoms with Gasteiger partial charge < -0.3 is 15.4 Å². The van der Waals surface area contributed by atoms with Crippen molar-refractivity contribution in [1.82, 2.24) is 10.6 Å². The number of hydrogen-bond acceptors (Lipinski definition) is 4. The Morgan fingerprint density at radius 1 is 1.29 bits per heavy atom. The van der Waals surface area contributed by atoms with E-state index in [0.717, 1.165) is 19.5 Å². The Morgan fingerprint density at radius 2 is 1.93 bits per heavy atom. The molecule has 3 atom stereocenters. The summed E-state index contributed by atoms with van der Waals surface area (Å²) in [6.45, 7) is 6.02. The topological polar surface area (TPSA) is 50.4 Å². The molecule has 2 aliphatic heterocycles. The van der Waals surface area contributed by atoms with Crippen LogP contribution in [0.3, 0.4) is 0 Å². The first-order valence-electron chi connectivity index (χ1n) is 5.37. The molecule has 2 heterocycles. The van der Waals surface area contributed by atoms with Crippen LogP contribution in [0.1, 0.15) is 20.3 Å². The molecule has 4 nitrogen and oxygen atoms in total. The number of carbonyl (C=O) groups is 1. The molecule has 0 bridgehead atoms. The Hall–Kier alpha value is -0.610. The molecule has 3 unspecified atom stereocenters. The summed E-state index contributed by atoms with van der Waals surface area (Å²) < 4.78 is 5.22. The first-order chi connectivity index (χ1) is 6.70. The maximum absolute atomic E-state index is 11.6. The first kappa shape index (κ1) is 9.93. The molecule has 0 saturated carbocycles. The predicted molar refractivity (Wildman–Crippen MR) is 52.6 cm³/mol. The van der Waals surface area contributed by atoms with Gasteiger partial charge in [0.15, 0.2) is 0 Å². The lowest BCUT2D eigenvalue weighted by molar-refractivity contribution is -0.144. The second kappa shape index (κ2) is 3.87. The summed E-state index contributed by atoms with van der Waals surface area (Å²) in [5, 5.41) is 6.66. The van der Waals surface area contributed by atoms with Crippen molar-refractivity contribution in [1.29, 1.82) is 0 Å². The molecule has 0 spiro atoms. The Balaban J connectivity index is 2.04. The molecule has 4 heteroatoms. The van der Waals surface area contributed by atoms with Gasteiger partial charge in [0.05, 0.1) is 12.1 Å². The SMILES string of the molecule is CC1OC(=O)C(C2NCCCN2)C1C. The number of nitrogens with one attached hydrogen (secondary N) is 2. The second-order valence-electron chi connectivity index (χ2n) is 4.27. The van der Waals surface area contributed by atoms with Gasteiger partial charge in [-0.1, -0.05) is 6.92 Å². The van der Waals surface area contributed by atoms with Crippen LogP contribution in [0.15, 0.2) is 0 Å². The van der Waals surface area contributed by atoms with Gasteiger partial charge in [-0.2, -0.15) is 0 Å². The molecule has 0 aliphatic carbocycles. The zero-order chi connectivity index (χ0) is 10.1. The standard InChI is InChI=1S/C10H18N2O2/c1-6-7(2)14-10(13)8(6)9-11-4-3-5-12-9/h6-9,11-12H,3-5H2,1-2H3. The summed E-state index contributed by atoms with van der Waals surface area (Å²) in [7, 11) is 0. The fraction of sp³-hybridized carbons (Fsp3) is 0.900. The minimum absolute atomic E-state index is 0.0229. The highest BCUT2D eigenvalue weighted by molar-refractivity contribution is 5.76. The third-order valence-electron chi connectivity index (χ3n) is 3.32. The van der Waals surface area contributed by atoms with Gasteiger partial charge in [-0.15, -0.1) is 0 Å². The van der Waals surface area contributed by atoms with Gasteiger partial charge in [-0.3, -0.25) is 4.79 Å². The Bertz CT molecular complexity index is 226. The summed E-state index contributed by atoms with van der Waals surface area (Å²) in [4.78, 5) is 11.6. The van der Waals surface area contributed by atoms with Crippen molar-refractivity contribution in [3.05, 3.63) is 0 Å². The van der Waals surface area contributed by atoms with Crippen LogP contribution >= 0.6 is 0 Å². The summed E-state index contributed by atoms with van der Waals surface area (Å²) in [5.74, 6) is 0.216. The monoisotopic (exact) mass is 198 g/mol. The molecular formula is C10H18N2O2. The van der Waals surface area contributed by atoms with Crippen LogP contribution in [0.2, 0.25) is 0 Å². The van der Waals surface area contributed by atoms with E-state index in [2.05, 4.69) is 17.6 Å². The van der Waals surface area contributed by atoms with Crippen LogP contribution in [0.5, 0.6) is 0 Å². The number of cyclic esters (lactones) is 1. The van der Waals surface area contributed by atoms with E-state index in [-0.39, 0.29) is 24.2 Å². The van der Waals surface area contributed by atoms with E-state index < -0.39 is 0 Å². The third kappa shape index (κ3) is 1.64. The average Bonchev–Trinajstić information content (AvgIpc) is 2.43. The zero-order valence-electron chi connectivity index (χ0n) is 8.75. The minimum atomic E-state index is -0.0584. The smallest absolute Gasteiger partial charge is 0.312 e. The summed E-state index contributed by atoms with van der Waals surface area (Å²) in [6.07, 6.45) is 1.29. The van der Waals surface area contributed by atoms with Crippen molar-refractivity contribution >= 4 is 5.97 Å². The molecule has 2 saturated heterocycles. The van der Waals surface area contributed by atoms with Gasteiger partial charge in [-0.05, 0) is 26.4 Å². The lowest BCUT2D eigenvalue weighted by Crippen LogP contribution is -2.55. The number of carbonyl (C=O) groups excluding carboxylic acids is 1. The highest BCUT2D eigenvalue weighted by Gasteiger charge is 2.44. The van der Waals surface area contributed by atoms with Gasteiger partial charge in [0.1, 0.15) is 6.10 Å². The van der Waals surface area contributed by atoms with Crippen molar-refractivity contribution in [3.63, 3.8) is 0 Å². The molecule has 2 N–H and O–H groups in total. The van der Waals surface area contributed by atoms with Crippen molar-refractivity contribution < 1.29 is 9.53 Å². The van der Waals surface area contributed by atoms with Crippen LogP contribution in [0, 0.1) is 11.8 Å². The minimum Gasteiger partial charge on any atom is -0.462 e. The predicted octanol–water partition coefficient (Wildman–Crippen LogP) is 0.0930. The van der Waals surface area contributed by atoms with Crippen molar-refractivity contribution in [3.8, 4) is 0 Å². The number of hydrogen-bond donors (Lipinski definition) is 2. The van der Waals surface area contributed by atoms with Gasteiger partial charge >= 0.3 is 5.97 Å². The van der Waals surface area contributed by atoms with Gasteiger partial charge in [0, 0.05) is 5.92 Å². The Morgan fingerprint density at radius 3 is 2.43 bits per heavy atom. The van der Waals surface area contributed by atoms with E-state index in [9.17, 15) is 4.79 Å². The Labute approximate surface area is 84.4 Å². The molecule has 2 fully saturated rings. The molecule has 80 valence electrons. The largest absolute Gasteiger partial charge is 0.462 e. The van der Waals surface area contributed by atoms with E-state index in [4.69, 9.17) is 4.74 Å². The van der Waals surface area contributed by atoms with Crippen molar-refractivity contribution in [2.45, 2.75) is 32.5 Å². The highest BCUT2D eigenvalue weighted by Crippen LogP contribution is 2.29. The molecule has 0 amide bonds. The normalized spacial score (nSPS) is 39.9. The molecule has 2 rings (SSSR count).